The fourth-order valence-electron chi connectivity index (χ4n) is 19.6. The van der Waals surface area contributed by atoms with Crippen LogP contribution >= 0.6 is 0 Å². The molecule has 15 atom stereocenters. The zero-order chi connectivity index (χ0) is 99.4. The van der Waals surface area contributed by atoms with Gasteiger partial charge in [0.2, 0.25) is 29.5 Å². The van der Waals surface area contributed by atoms with Crippen molar-refractivity contribution in [2.24, 2.45) is 35.3 Å². The Bertz CT molecular complexity index is 5620. The highest BCUT2D eigenvalue weighted by Gasteiger charge is 2.54. The summed E-state index contributed by atoms with van der Waals surface area (Å²) in [4.78, 5) is 168. The summed E-state index contributed by atoms with van der Waals surface area (Å²) < 4.78 is 49.0. The number of methoxy groups -OCH3 is 2. The van der Waals surface area contributed by atoms with Gasteiger partial charge in [0.1, 0.15) is 59.6 Å². The van der Waals surface area contributed by atoms with E-state index in [1.165, 1.54) is 26.4 Å². The van der Waals surface area contributed by atoms with E-state index < -0.39 is 120 Å². The number of alkyl carbamates (subject to hydrolysis) is 1. The Kier molecular flexibility index (Phi) is 35.9. The first-order valence-electron chi connectivity index (χ1n) is 48.8. The number of ketones is 3. The Morgan fingerprint density at radius 3 is 2.19 bits per heavy atom. The van der Waals surface area contributed by atoms with Gasteiger partial charge in [0.05, 0.1) is 68.7 Å². The number of allylic oxidation sites excluding steroid dienone is 6. The number of nitrogens with two attached hydrogens (primary N) is 3. The number of carbonyl (C=O) groups is 9. The highest BCUT2D eigenvalue weighted by molar-refractivity contribution is 6.39. The monoisotopic (exact) mass is 1940 g/mol. The maximum atomic E-state index is 14.7. The molecule has 14 rings (SSSR count). The van der Waals surface area contributed by atoms with Crippen LogP contribution in [0.1, 0.15) is 164 Å². The molecule has 1 saturated carbocycles. The van der Waals surface area contributed by atoms with E-state index in [1.807, 2.05) is 81.8 Å². The molecule has 40 heteroatoms. The van der Waals surface area contributed by atoms with Crippen molar-refractivity contribution in [2.45, 2.75) is 218 Å². The number of oxazole rings is 1. The number of benzene rings is 2. The lowest BCUT2D eigenvalue weighted by molar-refractivity contribution is -0.265. The molecular formula is C100H134N20O20. The maximum Gasteiger partial charge on any atom is 0.407 e. The number of piperazine rings is 2. The molecule has 0 unspecified atom stereocenters. The second-order valence-electron chi connectivity index (χ2n) is 38.0. The van der Waals surface area contributed by atoms with Crippen LogP contribution in [0.15, 0.2) is 120 Å². The Labute approximate surface area is 813 Å². The number of nitrogens with one attached hydrogen (secondary N) is 2. The van der Waals surface area contributed by atoms with Gasteiger partial charge in [0, 0.05) is 185 Å². The van der Waals surface area contributed by atoms with Crippen molar-refractivity contribution in [3.8, 4) is 11.3 Å². The van der Waals surface area contributed by atoms with Crippen molar-refractivity contribution in [1.82, 2.24) is 74.9 Å². The molecule has 40 nitrogen and oxygen atoms in total. The van der Waals surface area contributed by atoms with Crippen molar-refractivity contribution in [1.29, 1.82) is 0 Å². The molecule has 11 heterocycles. The van der Waals surface area contributed by atoms with Gasteiger partial charge in [-0.15, -0.1) is 0 Å². The van der Waals surface area contributed by atoms with Gasteiger partial charge in [-0.2, -0.15) is 10.1 Å². The lowest BCUT2D eigenvalue weighted by atomic mass is 9.80. The summed E-state index contributed by atoms with van der Waals surface area (Å²) >= 11 is 0. The molecule has 5 aromatic heterocycles. The third-order valence-electron chi connectivity index (χ3n) is 28.0. The summed E-state index contributed by atoms with van der Waals surface area (Å²) in [6, 6.07) is 9.59. The minimum atomic E-state index is -2.52. The van der Waals surface area contributed by atoms with Gasteiger partial charge in [0.15, 0.2) is 17.0 Å². The zero-order valence-electron chi connectivity index (χ0n) is 81.2. The number of cyclic esters (lactones) is 1. The predicted molar refractivity (Wildman–Crippen MR) is 517 cm³/mol. The predicted octanol–water partition coefficient (Wildman–Crippen LogP) is 6.49. The summed E-state index contributed by atoms with van der Waals surface area (Å²) in [6.07, 6.45) is 15.3. The zero-order valence-corrected chi connectivity index (χ0v) is 81.2. The van der Waals surface area contributed by atoms with Crippen LogP contribution in [0.2, 0.25) is 0 Å². The quantitative estimate of drug-likeness (QED) is 0.0124. The van der Waals surface area contributed by atoms with E-state index in [4.69, 9.17) is 59.9 Å². The number of aliphatic hydroxyl groups excluding tert-OH is 2. The van der Waals surface area contributed by atoms with Crippen molar-refractivity contribution < 1.29 is 96.0 Å². The number of rotatable bonds is 26. The average Bonchev–Trinajstić information content (AvgIpc) is 1.63. The third-order valence-corrected chi connectivity index (χ3v) is 28.0. The average molecular weight is 1940 g/mol. The number of Topliss-reactive ketones (excluding diaryl/α,β-unsaturated/α-hetero) is 3. The van der Waals surface area contributed by atoms with Crippen molar-refractivity contribution in [2.75, 3.05) is 140 Å². The molecule has 0 radical (unpaired) electrons. The number of ether oxygens (including phenoxy) is 7. The number of hydrogen-bond donors (Lipinski definition) is 8. The second-order valence-corrected chi connectivity index (χ2v) is 38.0. The highest BCUT2D eigenvalue weighted by atomic mass is 16.6. The van der Waals surface area contributed by atoms with E-state index in [9.17, 15) is 58.5 Å². The van der Waals surface area contributed by atoms with Crippen LogP contribution in [-0.2, 0) is 92.8 Å². The summed E-state index contributed by atoms with van der Waals surface area (Å²) in [5, 5.41) is 45.8. The number of anilines is 4. The van der Waals surface area contributed by atoms with Crippen LogP contribution in [0.4, 0.5) is 28.5 Å². The molecule has 7 aliphatic rings. The smallest absolute Gasteiger partial charge is 0.407 e. The molecule has 5 amide bonds. The molecule has 7 aromatic rings. The van der Waals surface area contributed by atoms with Gasteiger partial charge in [-0.25, -0.2) is 44.2 Å². The molecule has 11 N–H and O–H groups in total. The van der Waals surface area contributed by atoms with E-state index in [-0.39, 0.29) is 106 Å². The number of piperidine rings is 1. The molecule has 4 saturated heterocycles. The van der Waals surface area contributed by atoms with E-state index in [0.29, 0.717) is 193 Å². The van der Waals surface area contributed by atoms with Crippen LogP contribution in [0, 0.1) is 29.6 Å². The first-order chi connectivity index (χ1) is 67.4. The summed E-state index contributed by atoms with van der Waals surface area (Å²) in [5.41, 5.74) is 27.8. The molecule has 6 aliphatic heterocycles. The first-order valence-corrected chi connectivity index (χ1v) is 48.8. The molecule has 2 aromatic carbocycles. The summed E-state index contributed by atoms with van der Waals surface area (Å²) in [7, 11) is 3.04. The lowest BCUT2D eigenvalue weighted by Crippen LogP contribution is -2.61. The van der Waals surface area contributed by atoms with Crippen LogP contribution in [0.5, 0.6) is 0 Å². The number of aromatic nitrogens is 9. The maximum absolute atomic E-state index is 14.7. The first kappa shape index (κ1) is 104. The van der Waals surface area contributed by atoms with Gasteiger partial charge in [-0.1, -0.05) is 82.4 Å². The number of nitrogen functional groups attached to an aromatic ring is 2. The van der Waals surface area contributed by atoms with Crippen molar-refractivity contribution in [3.05, 3.63) is 143 Å². The van der Waals surface area contributed by atoms with E-state index >= 15 is 0 Å². The van der Waals surface area contributed by atoms with Crippen LogP contribution in [0.25, 0.3) is 33.4 Å². The normalized spacial score (nSPS) is 27.0. The highest BCUT2D eigenvalue weighted by Crippen LogP contribution is 2.40. The minimum absolute atomic E-state index is 0.0147. The molecule has 754 valence electrons. The molecule has 140 heavy (non-hydrogen) atoms. The fourth-order valence-corrected chi connectivity index (χ4v) is 19.6. The fraction of sp³-hybridized carbons (Fsp3) is 0.570. The molecular weight excluding hydrogens is 1800 g/mol. The topological polar surface area (TPSA) is 522 Å². The number of hydrogen-bond acceptors (Lipinski definition) is 34. The van der Waals surface area contributed by atoms with E-state index in [2.05, 4.69) is 67.5 Å². The van der Waals surface area contributed by atoms with E-state index in [0.717, 1.165) is 45.8 Å². The SMILES string of the molecule is CO[C@H]1C[C@@H]2CC[C@@H](C)[C@@](O)(O2)C(=O)C(=O)N2CCCC[C@H]2C(=O)O[C@H]([C@H](N)C[C@@H]2CC[C@@H](OC(=O)NCCOCCC(=O)NCc3cnc(N4CCN(C(=O)CCOCCN5CCN(c6ncc(C(=O)N7CCc8cc(Cn9nc(-c%10ccc%11oc(N)nc%11c%10)c%10c(N)ncnc%109)ccc8C7)cn6)CC5)CC4)nc3)[C@H](OC)C2)CC(=O)[C@H](C)/C=C(\C)[C@@H](O)[C@@H](O)C(=O)[C@H](C)C[C@H](C)/C=C/C=C/C=C/1C. The second kappa shape index (κ2) is 48.5. The van der Waals surface area contributed by atoms with Crippen molar-refractivity contribution >= 4 is 98.9 Å². The summed E-state index contributed by atoms with van der Waals surface area (Å²) in [6.45, 7) is 18.6. The van der Waals surface area contributed by atoms with Gasteiger partial charge in [0.25, 0.3) is 23.6 Å². The van der Waals surface area contributed by atoms with Crippen molar-refractivity contribution in [3.63, 3.8) is 0 Å². The number of carbonyl (C=O) groups excluding carboxylic acids is 9. The van der Waals surface area contributed by atoms with Crippen LogP contribution < -0.4 is 37.6 Å². The molecule has 5 fully saturated rings. The van der Waals surface area contributed by atoms with Gasteiger partial charge >= 0.3 is 12.1 Å². The largest absolute Gasteiger partial charge is 0.459 e. The number of fused-ring (bicyclic) bond motifs is 6. The van der Waals surface area contributed by atoms with Gasteiger partial charge in [-0.3, -0.25) is 38.5 Å². The van der Waals surface area contributed by atoms with Gasteiger partial charge in [-0.05, 0) is 142 Å². The summed E-state index contributed by atoms with van der Waals surface area (Å²) in [5.74, 6) is -8.43. The number of nitrogens with zero attached hydrogens (tertiary/aromatic N) is 15. The van der Waals surface area contributed by atoms with E-state index in [1.54, 1.807) is 58.7 Å². The molecule has 2 bridgehead atoms. The Hall–Kier alpha value is -12.0. The van der Waals surface area contributed by atoms with Crippen LogP contribution in [-0.4, -0.2) is 312 Å². The Morgan fingerprint density at radius 1 is 0.700 bits per heavy atom. The minimum Gasteiger partial charge on any atom is -0.459 e. The third kappa shape index (κ3) is 26.4. The molecule has 0 spiro atoms. The number of esters is 1. The Balaban J connectivity index is 0.459. The number of amides is 5. The lowest BCUT2D eigenvalue weighted by Gasteiger charge is -2.42. The van der Waals surface area contributed by atoms with Gasteiger partial charge < -0.3 is 105 Å². The Morgan fingerprint density at radius 2 is 1.44 bits per heavy atom. The standard InChI is InChI=1S/C100H134N20O20/c1-60-14-10-9-11-15-61(2)80(133-7)50-73-22-17-65(6)100(132,140-73)90(127)94(129)119-29-13-12-16-76(119)95(130)137-81(51-77(121)62(3)45-64(5)88(125)89(126)87(124)63(4)44-60)74(101)47-66-19-23-79(82(48-66)134-8)139-99(131)104-28-42-135-40-26-83(122)105-52-68-53-106-97(107-54-68)117-37-35-115(36-38-117)84(123)27-41-136-43-39-114-31-33-116(34-32-114)98-108-55-72(56-109-98)93(128)118-30-25-69-46-67(18-20-71(69)58-118)57-120-92-85(91(102)110-59-111-92)86(113-120)70-21-24-78-75(49-70)112-96(103)138-78/h9-11,14-15,18,20-21,24,45-46,49,53-56,59-60,62-63,65-66,73-74,76,79-82,88-89,125-126,132H,12-13,16-17,19,22-23,25-44,47-48,50-52,57-58,101H2,1-8H3,(H2,103,112)(H,104,131)(H,105,122)(H2,102,110,111)/b11-9+,14-10+,61-15+,64-45+/t60-,62-,63-,65-,66+,73+,74-,76+,79-,80+,81+,82-,88-,89+,100-/m1/s1. The number of aliphatic hydroxyl groups is 3. The van der Waals surface area contributed by atoms with Crippen LogP contribution in [0.3, 0.4) is 0 Å². The molecule has 1 aliphatic carbocycles.